The number of aliphatic hydroxyl groups excluding tert-OH is 1. The lowest BCUT2D eigenvalue weighted by Gasteiger charge is -2.20. The molecule has 0 aromatic heterocycles. The molecule has 13 heavy (non-hydrogen) atoms. The second kappa shape index (κ2) is 7.34. The minimum absolute atomic E-state index is 0.172. The fourth-order valence-corrected chi connectivity index (χ4v) is 1.52. The van der Waals surface area contributed by atoms with Crippen LogP contribution in [0.25, 0.3) is 0 Å². The Kier molecular flexibility index (Phi) is 7.29. The van der Waals surface area contributed by atoms with Gasteiger partial charge in [-0.1, -0.05) is 40.5 Å². The summed E-state index contributed by atoms with van der Waals surface area (Å²) in [4.78, 5) is 0. The van der Waals surface area contributed by atoms with Crippen LogP contribution in [0.5, 0.6) is 0 Å². The van der Waals surface area contributed by atoms with E-state index in [0.29, 0.717) is 11.8 Å². The van der Waals surface area contributed by atoms with Crippen molar-refractivity contribution in [2.75, 3.05) is 13.1 Å². The van der Waals surface area contributed by atoms with Crippen molar-refractivity contribution in [2.24, 2.45) is 11.8 Å². The van der Waals surface area contributed by atoms with Gasteiger partial charge in [-0.15, -0.1) is 0 Å². The van der Waals surface area contributed by atoms with Crippen molar-refractivity contribution in [1.29, 1.82) is 0 Å². The zero-order valence-corrected chi connectivity index (χ0v) is 9.51. The first-order valence-corrected chi connectivity index (χ1v) is 5.50. The van der Waals surface area contributed by atoms with Crippen LogP contribution in [0.2, 0.25) is 0 Å². The quantitative estimate of drug-likeness (QED) is 0.639. The highest BCUT2D eigenvalue weighted by molar-refractivity contribution is 4.68. The highest BCUT2D eigenvalue weighted by Gasteiger charge is 2.14. The maximum atomic E-state index is 9.76. The Bertz CT molecular complexity index is 111. The van der Waals surface area contributed by atoms with Gasteiger partial charge < -0.3 is 10.4 Å². The maximum Gasteiger partial charge on any atom is 0.0692 e. The van der Waals surface area contributed by atoms with Crippen LogP contribution >= 0.6 is 0 Å². The smallest absolute Gasteiger partial charge is 0.0692 e. The minimum Gasteiger partial charge on any atom is -0.392 e. The Morgan fingerprint density at radius 1 is 1.08 bits per heavy atom. The lowest BCUT2D eigenvalue weighted by molar-refractivity contribution is 0.101. The van der Waals surface area contributed by atoms with Crippen LogP contribution in [-0.4, -0.2) is 24.3 Å². The summed E-state index contributed by atoms with van der Waals surface area (Å²) in [6.07, 6.45) is 1.97. The number of hydrogen-bond acceptors (Lipinski definition) is 2. The number of rotatable bonds is 7. The van der Waals surface area contributed by atoms with Gasteiger partial charge in [0.25, 0.3) is 0 Å². The molecule has 2 N–H and O–H groups in total. The van der Waals surface area contributed by atoms with Crippen molar-refractivity contribution in [3.05, 3.63) is 0 Å². The molecule has 0 aromatic rings. The van der Waals surface area contributed by atoms with Crippen molar-refractivity contribution >= 4 is 0 Å². The van der Waals surface area contributed by atoms with Crippen LogP contribution in [0.15, 0.2) is 0 Å². The molecule has 0 amide bonds. The molecule has 0 aliphatic heterocycles. The van der Waals surface area contributed by atoms with Crippen molar-refractivity contribution in [1.82, 2.24) is 5.32 Å². The zero-order valence-electron chi connectivity index (χ0n) is 9.51. The fraction of sp³-hybridized carbons (Fsp3) is 1.00. The number of hydrogen-bond donors (Lipinski definition) is 2. The Balaban J connectivity index is 3.53. The molecule has 1 atom stereocenters. The molecule has 0 heterocycles. The molecule has 0 fully saturated rings. The van der Waals surface area contributed by atoms with E-state index in [1.165, 1.54) is 0 Å². The van der Waals surface area contributed by atoms with Crippen LogP contribution < -0.4 is 5.32 Å². The summed E-state index contributed by atoms with van der Waals surface area (Å²) in [7, 11) is 0. The molecule has 0 aromatic carbocycles. The summed E-state index contributed by atoms with van der Waals surface area (Å²) in [5.74, 6) is 1.12. The van der Waals surface area contributed by atoms with E-state index in [0.717, 1.165) is 25.9 Å². The van der Waals surface area contributed by atoms with Crippen LogP contribution in [0.3, 0.4) is 0 Å². The SMILES string of the molecule is CCC(CC)C(O)CNCC(C)C. The molecule has 0 radical (unpaired) electrons. The standard InChI is InChI=1S/C11H25NO/c1-5-10(6-2)11(13)8-12-7-9(3)4/h9-13H,5-8H2,1-4H3. The predicted octanol–water partition coefficient (Wildman–Crippen LogP) is 2.03. The van der Waals surface area contributed by atoms with E-state index in [9.17, 15) is 5.11 Å². The summed E-state index contributed by atoms with van der Waals surface area (Å²) in [5, 5.41) is 13.0. The van der Waals surface area contributed by atoms with Gasteiger partial charge in [0.2, 0.25) is 0 Å². The van der Waals surface area contributed by atoms with E-state index in [4.69, 9.17) is 0 Å². The summed E-state index contributed by atoms with van der Waals surface area (Å²) < 4.78 is 0. The third-order valence-electron chi connectivity index (χ3n) is 2.50. The molecule has 1 unspecified atom stereocenters. The van der Waals surface area contributed by atoms with Crippen LogP contribution in [0.1, 0.15) is 40.5 Å². The molecule has 0 saturated heterocycles. The van der Waals surface area contributed by atoms with E-state index in [-0.39, 0.29) is 6.10 Å². The van der Waals surface area contributed by atoms with Gasteiger partial charge in [-0.2, -0.15) is 0 Å². The summed E-state index contributed by atoms with van der Waals surface area (Å²) in [5.41, 5.74) is 0. The van der Waals surface area contributed by atoms with Gasteiger partial charge in [0.05, 0.1) is 6.10 Å². The highest BCUT2D eigenvalue weighted by atomic mass is 16.3. The van der Waals surface area contributed by atoms with Gasteiger partial charge in [0, 0.05) is 6.54 Å². The average Bonchev–Trinajstić information content (AvgIpc) is 2.05. The number of aliphatic hydroxyl groups is 1. The zero-order chi connectivity index (χ0) is 10.3. The van der Waals surface area contributed by atoms with Crippen LogP contribution in [0.4, 0.5) is 0 Å². The van der Waals surface area contributed by atoms with Crippen molar-refractivity contribution in [3.8, 4) is 0 Å². The third-order valence-corrected chi connectivity index (χ3v) is 2.50. The molecule has 0 saturated carbocycles. The van der Waals surface area contributed by atoms with E-state index in [1.54, 1.807) is 0 Å². The first kappa shape index (κ1) is 12.9. The van der Waals surface area contributed by atoms with Crippen LogP contribution in [0, 0.1) is 11.8 Å². The van der Waals surface area contributed by atoms with E-state index in [1.807, 2.05) is 0 Å². The van der Waals surface area contributed by atoms with Crippen molar-refractivity contribution < 1.29 is 5.11 Å². The topological polar surface area (TPSA) is 32.3 Å². The van der Waals surface area contributed by atoms with Gasteiger partial charge in [0.15, 0.2) is 0 Å². The molecule has 0 bridgehead atoms. The highest BCUT2D eigenvalue weighted by Crippen LogP contribution is 2.12. The molecular weight excluding hydrogens is 162 g/mol. The number of nitrogens with one attached hydrogen (secondary N) is 1. The largest absolute Gasteiger partial charge is 0.392 e. The maximum absolute atomic E-state index is 9.76. The summed E-state index contributed by atoms with van der Waals surface area (Å²) >= 11 is 0. The molecule has 80 valence electrons. The minimum atomic E-state index is -0.172. The molecule has 0 aliphatic carbocycles. The lowest BCUT2D eigenvalue weighted by Crippen LogP contribution is -2.34. The van der Waals surface area contributed by atoms with E-state index >= 15 is 0 Å². The monoisotopic (exact) mass is 187 g/mol. The second-order valence-corrected chi connectivity index (χ2v) is 4.20. The Morgan fingerprint density at radius 3 is 2.00 bits per heavy atom. The molecular formula is C11H25NO. The van der Waals surface area contributed by atoms with Crippen molar-refractivity contribution in [2.45, 2.75) is 46.6 Å². The second-order valence-electron chi connectivity index (χ2n) is 4.20. The summed E-state index contributed by atoms with van der Waals surface area (Å²) in [6, 6.07) is 0. The van der Waals surface area contributed by atoms with E-state index in [2.05, 4.69) is 33.0 Å². The molecule has 2 nitrogen and oxygen atoms in total. The normalized spacial score (nSPS) is 14.1. The molecule has 0 rings (SSSR count). The van der Waals surface area contributed by atoms with Crippen LogP contribution in [-0.2, 0) is 0 Å². The van der Waals surface area contributed by atoms with Gasteiger partial charge in [-0.3, -0.25) is 0 Å². The van der Waals surface area contributed by atoms with Crippen molar-refractivity contribution in [3.63, 3.8) is 0 Å². The Hall–Kier alpha value is -0.0800. The lowest BCUT2D eigenvalue weighted by atomic mass is 9.96. The first-order chi connectivity index (χ1) is 6.11. The van der Waals surface area contributed by atoms with Gasteiger partial charge in [0.1, 0.15) is 0 Å². The fourth-order valence-electron chi connectivity index (χ4n) is 1.52. The Labute approximate surface area is 82.7 Å². The molecule has 0 spiro atoms. The first-order valence-electron chi connectivity index (χ1n) is 5.50. The van der Waals surface area contributed by atoms with E-state index < -0.39 is 0 Å². The average molecular weight is 187 g/mol. The van der Waals surface area contributed by atoms with Gasteiger partial charge in [-0.25, -0.2) is 0 Å². The molecule has 0 aliphatic rings. The summed E-state index contributed by atoms with van der Waals surface area (Å²) in [6.45, 7) is 10.4. The Morgan fingerprint density at radius 2 is 1.62 bits per heavy atom. The third kappa shape index (κ3) is 6.05. The predicted molar refractivity (Wildman–Crippen MR) is 57.8 cm³/mol. The van der Waals surface area contributed by atoms with Gasteiger partial charge in [-0.05, 0) is 18.4 Å². The molecule has 2 heteroatoms. The van der Waals surface area contributed by atoms with Gasteiger partial charge >= 0.3 is 0 Å².